The van der Waals surface area contributed by atoms with Crippen LogP contribution in [0.1, 0.15) is 79.4 Å². The molecular formula is C61H87N7O16. The summed E-state index contributed by atoms with van der Waals surface area (Å²) in [6.07, 6.45) is 9.07. The predicted octanol–water partition coefficient (Wildman–Crippen LogP) is 7.04. The average Bonchev–Trinajstić information content (AvgIpc) is 3.66. The zero-order valence-corrected chi connectivity index (χ0v) is 50.4. The number of benzene rings is 2. The van der Waals surface area contributed by atoms with Crippen LogP contribution < -0.4 is 22.3 Å². The van der Waals surface area contributed by atoms with E-state index in [1.54, 1.807) is 70.9 Å². The van der Waals surface area contributed by atoms with Crippen LogP contribution in [0.5, 0.6) is 23.0 Å². The van der Waals surface area contributed by atoms with Crippen molar-refractivity contribution in [1.82, 2.24) is 4.90 Å². The Balaban J connectivity index is 1.69. The summed E-state index contributed by atoms with van der Waals surface area (Å²) >= 11 is 0. The number of amides is 3. The topological polar surface area (TPSA) is 349 Å². The Morgan fingerprint density at radius 1 is 0.679 bits per heavy atom. The molecule has 2 aromatic carbocycles. The molecule has 462 valence electrons. The van der Waals surface area contributed by atoms with Crippen molar-refractivity contribution in [3.05, 3.63) is 94.2 Å². The number of allylic oxidation sites excluding steroid dienone is 4. The molecule has 0 fully saturated rings. The number of carbonyl (C=O) groups is 4. The summed E-state index contributed by atoms with van der Waals surface area (Å²) in [7, 11) is 7.51. The number of methoxy groups -OCH3 is 4. The first-order valence-electron chi connectivity index (χ1n) is 27.6. The number of hydrogen-bond donors (Lipinski definition) is 10. The highest BCUT2D eigenvalue weighted by atomic mass is 16.7. The Morgan fingerprint density at radius 3 is 1.49 bits per heavy atom. The molecule has 23 heteroatoms. The van der Waals surface area contributed by atoms with Crippen LogP contribution in [0.3, 0.4) is 0 Å². The number of hydrogen-bond acceptors (Lipinski definition) is 20. The highest BCUT2D eigenvalue weighted by Crippen LogP contribution is 2.46. The van der Waals surface area contributed by atoms with Crippen LogP contribution >= 0.6 is 0 Å². The summed E-state index contributed by atoms with van der Waals surface area (Å²) in [4.78, 5) is 67.7. The smallest absolute Gasteiger partial charge is 0.405 e. The van der Waals surface area contributed by atoms with E-state index in [-0.39, 0.29) is 119 Å². The Kier molecular flexibility index (Phi) is 27.0. The van der Waals surface area contributed by atoms with Crippen molar-refractivity contribution in [2.24, 2.45) is 51.2 Å². The lowest BCUT2D eigenvalue weighted by Gasteiger charge is -2.29. The number of rotatable bonds is 12. The van der Waals surface area contributed by atoms with Gasteiger partial charge >= 0.3 is 12.1 Å². The molecule has 0 aromatic heterocycles. The number of phenols is 4. The lowest BCUT2D eigenvalue weighted by Crippen LogP contribution is -2.37. The first kappa shape index (κ1) is 69.3. The van der Waals surface area contributed by atoms with E-state index in [1.807, 2.05) is 13.8 Å². The van der Waals surface area contributed by atoms with Gasteiger partial charge in [-0.05, 0) is 77.8 Å². The van der Waals surface area contributed by atoms with Crippen LogP contribution in [0, 0.1) is 29.6 Å². The summed E-state index contributed by atoms with van der Waals surface area (Å²) in [6, 6.07) is 2.39. The summed E-state index contributed by atoms with van der Waals surface area (Å²) < 4.78 is 28.3. The number of primary amides is 1. The number of aromatic hydroxyl groups is 4. The van der Waals surface area contributed by atoms with Crippen LogP contribution in [-0.4, -0.2) is 163 Å². The van der Waals surface area contributed by atoms with Gasteiger partial charge in [0.15, 0.2) is 6.10 Å². The van der Waals surface area contributed by atoms with Crippen molar-refractivity contribution in [3.63, 3.8) is 0 Å². The van der Waals surface area contributed by atoms with E-state index in [0.29, 0.717) is 11.1 Å². The summed E-state index contributed by atoms with van der Waals surface area (Å²) in [5.41, 5.74) is 7.21. The monoisotopic (exact) mass is 1170 g/mol. The number of aliphatic hydroxyl groups is 2. The summed E-state index contributed by atoms with van der Waals surface area (Å²) in [6.45, 7) is 14.1. The second-order valence-electron chi connectivity index (χ2n) is 21.8. The zero-order chi connectivity index (χ0) is 62.7. The fourth-order valence-corrected chi connectivity index (χ4v) is 10.2. The molecule has 12 atom stereocenters. The molecule has 4 bridgehead atoms. The average molecular weight is 1170 g/mol. The van der Waals surface area contributed by atoms with Gasteiger partial charge in [0.1, 0.15) is 46.4 Å². The second kappa shape index (κ2) is 32.7. The van der Waals surface area contributed by atoms with Gasteiger partial charge in [-0.15, -0.1) is 0 Å². The van der Waals surface area contributed by atoms with Crippen molar-refractivity contribution >= 4 is 59.1 Å². The third-order valence-electron chi connectivity index (χ3n) is 15.0. The number of aliphatic hydroxyl groups excluding tert-OH is 2. The Morgan fingerprint density at radius 2 is 1.10 bits per heavy atom. The maximum Gasteiger partial charge on any atom is 0.405 e. The van der Waals surface area contributed by atoms with Gasteiger partial charge in [-0.25, -0.2) is 9.59 Å². The molecule has 2 aliphatic rings. The quantitative estimate of drug-likeness (QED) is 0.0335. The van der Waals surface area contributed by atoms with E-state index in [2.05, 4.69) is 25.5 Å². The third-order valence-corrected chi connectivity index (χ3v) is 15.0. The van der Waals surface area contributed by atoms with Gasteiger partial charge in [0.05, 0.1) is 41.9 Å². The Hall–Kier alpha value is -7.22. The number of fused-ring (bicyclic) bond motifs is 4. The molecule has 4 rings (SSSR count). The molecule has 0 spiro atoms. The number of nitrogens with two attached hydrogens (primary N) is 2. The van der Waals surface area contributed by atoms with Gasteiger partial charge < -0.3 is 75.5 Å². The lowest BCUT2D eigenvalue weighted by atomic mass is 9.86. The van der Waals surface area contributed by atoms with Crippen molar-refractivity contribution in [2.75, 3.05) is 59.2 Å². The molecule has 0 radical (unpaired) electrons. The van der Waals surface area contributed by atoms with Crippen molar-refractivity contribution in [3.8, 4) is 23.0 Å². The molecule has 12 N–H and O–H groups in total. The minimum Gasteiger partial charge on any atom is -0.506 e. The molecule has 2 aliphatic heterocycles. The number of carbonyl (C=O) groups excluding carboxylic acids is 4. The summed E-state index contributed by atoms with van der Waals surface area (Å²) in [5.74, 6) is -0.753. The van der Waals surface area contributed by atoms with Crippen molar-refractivity contribution in [1.29, 1.82) is 0 Å². The first-order valence-corrected chi connectivity index (χ1v) is 27.6. The van der Waals surface area contributed by atoms with E-state index in [0.717, 1.165) is 0 Å². The molecule has 3 amide bonds. The Labute approximate surface area is 492 Å². The maximum atomic E-state index is 13.5. The molecule has 2 aromatic rings. The number of aliphatic imine (C=N–C) groups is 2. The zero-order valence-electron chi connectivity index (χ0n) is 50.4. The SMILES string of the molecule is COC1C=CC=C(C)C(=O)Nc2cc(O)c(N=CCN(C)CC=Nc3c(O)cc4c(O)c3CC(C)CC(OC)C(O)C(C)C=C(C)C(C(=O)ON)C(OC)C=CC=C(C)C(=O)N4)c(c2O)CC(C)CC(OC)C(O)C(C)C=C(C)C1OC(N)=O. The lowest BCUT2D eigenvalue weighted by molar-refractivity contribution is -0.151. The molecule has 12 unspecified atom stereocenters. The molecule has 0 aliphatic carbocycles. The molecule has 2 heterocycles. The van der Waals surface area contributed by atoms with Crippen LogP contribution in [0.15, 0.2) is 93.0 Å². The van der Waals surface area contributed by atoms with E-state index < -0.39 is 84.4 Å². The third kappa shape index (κ3) is 18.9. The van der Waals surface area contributed by atoms with E-state index >= 15 is 0 Å². The van der Waals surface area contributed by atoms with Gasteiger partial charge in [-0.3, -0.25) is 24.5 Å². The standard InChI is InChI=1S/C61H87N7O16/c1-32-24-40-51(44(69)30-42(55(40)73)66-58(75)34(3)16-14-18-46(79-10)50(60(77)84-63)36(5)28-37(6)53(71)48(26-32)81-12)64-20-22-68(9)23-21-65-52-41-25-33(2)27-49(82-13)54(72)38(7)29-39(8)57(83-61(62)78)47(80-11)19-15-17-35(4)59(76)67-43(56(41)74)31-45(52)70/h14-21,28-33,37-38,46-50,53-54,57,69-74H,22-27,63H2,1-13H3,(H2,62,78)(H,66,75)(H,67,76). The van der Waals surface area contributed by atoms with Gasteiger partial charge in [0, 0.05) is 100 Å². The highest BCUT2D eigenvalue weighted by molar-refractivity contribution is 6.05. The molecule has 0 saturated carbocycles. The molecule has 23 nitrogen and oxygen atoms in total. The molecule has 84 heavy (non-hydrogen) atoms. The fourth-order valence-electron chi connectivity index (χ4n) is 10.2. The van der Waals surface area contributed by atoms with Crippen LogP contribution in [0.25, 0.3) is 0 Å². The number of nitrogens with one attached hydrogen (secondary N) is 2. The number of ether oxygens (including phenoxy) is 5. The van der Waals surface area contributed by atoms with E-state index in [9.17, 15) is 49.8 Å². The number of anilines is 2. The molecule has 0 saturated heterocycles. The summed E-state index contributed by atoms with van der Waals surface area (Å²) in [5, 5.41) is 75.4. The number of nitrogens with zero attached hydrogens (tertiary/aromatic N) is 3. The number of phenolic OH excluding ortho intramolecular Hbond substituents is 4. The van der Waals surface area contributed by atoms with Gasteiger partial charge in [0.25, 0.3) is 11.8 Å². The normalized spacial score (nSPS) is 26.7. The van der Waals surface area contributed by atoms with Crippen LogP contribution in [-0.2, 0) is 55.7 Å². The minimum atomic E-state index is -1.07. The van der Waals surface area contributed by atoms with Crippen LogP contribution in [0.2, 0.25) is 0 Å². The van der Waals surface area contributed by atoms with E-state index in [4.69, 9.17) is 35.3 Å². The highest BCUT2D eigenvalue weighted by Gasteiger charge is 2.34. The van der Waals surface area contributed by atoms with Gasteiger partial charge in [0.2, 0.25) is 0 Å². The van der Waals surface area contributed by atoms with Crippen molar-refractivity contribution in [2.45, 2.75) is 124 Å². The van der Waals surface area contributed by atoms with Gasteiger partial charge in [-0.2, -0.15) is 5.90 Å². The van der Waals surface area contributed by atoms with Crippen LogP contribution in [0.4, 0.5) is 27.5 Å². The van der Waals surface area contributed by atoms with Gasteiger partial charge in [-0.1, -0.05) is 81.9 Å². The predicted molar refractivity (Wildman–Crippen MR) is 321 cm³/mol. The van der Waals surface area contributed by atoms with E-state index in [1.165, 1.54) is 84.2 Å². The first-order chi connectivity index (χ1) is 39.7. The second-order valence-corrected chi connectivity index (χ2v) is 21.8. The molecular weight excluding hydrogens is 1090 g/mol. The maximum absolute atomic E-state index is 13.5. The van der Waals surface area contributed by atoms with Crippen molar-refractivity contribution < 1.29 is 78.3 Å². The fraction of sp³-hybridized carbons (Fsp3) is 0.508. The largest absolute Gasteiger partial charge is 0.506 e. The minimum absolute atomic E-state index is 0.0324. The Bertz CT molecular complexity index is 2880.